The largest absolute Gasteiger partial charge is 0.593 e. The van der Waals surface area contributed by atoms with Crippen molar-refractivity contribution in [3.05, 3.63) is 26.6 Å². The second-order valence-corrected chi connectivity index (χ2v) is 2.63. The Labute approximate surface area is 71.7 Å². The number of halogens is 3. The van der Waals surface area contributed by atoms with Gasteiger partial charge in [0.1, 0.15) is 0 Å². The molecule has 6 heteroatoms. The van der Waals surface area contributed by atoms with E-state index < -0.39 is 0 Å². The van der Waals surface area contributed by atoms with E-state index in [1.807, 2.05) is 0 Å². The Morgan fingerprint density at radius 3 is 2.50 bits per heavy atom. The maximum Gasteiger partial charge on any atom is 0.314 e. The average molecular weight is 199 g/mol. The van der Waals surface area contributed by atoms with Crippen molar-refractivity contribution in [3.8, 4) is 0 Å². The highest BCUT2D eigenvalue weighted by molar-refractivity contribution is 6.41. The Kier molecular flexibility index (Phi) is 2.18. The normalized spacial score (nSPS) is 9.90. The van der Waals surface area contributed by atoms with Gasteiger partial charge in [-0.25, -0.2) is 0 Å². The zero-order chi connectivity index (χ0) is 7.72. The van der Waals surface area contributed by atoms with Crippen LogP contribution in [0.25, 0.3) is 0 Å². The van der Waals surface area contributed by atoms with E-state index in [4.69, 9.17) is 34.8 Å². The van der Waals surface area contributed by atoms with Crippen LogP contribution in [0.2, 0.25) is 15.3 Å². The predicted molar refractivity (Wildman–Crippen MR) is 38.2 cm³/mol. The second kappa shape index (κ2) is 2.78. The quantitative estimate of drug-likeness (QED) is 0.471. The summed E-state index contributed by atoms with van der Waals surface area (Å²) in [6.07, 6.45) is 0. The first-order valence-electron chi connectivity index (χ1n) is 2.22. The van der Waals surface area contributed by atoms with E-state index in [-0.39, 0.29) is 20.2 Å². The van der Waals surface area contributed by atoms with E-state index in [0.717, 1.165) is 0 Å². The molecule has 0 aromatic carbocycles. The number of aromatic nitrogens is 2. The zero-order valence-corrected chi connectivity index (χ0v) is 6.78. The lowest BCUT2D eigenvalue weighted by Gasteiger charge is -1.95. The third-order valence-electron chi connectivity index (χ3n) is 0.804. The fourth-order valence-electron chi connectivity index (χ4n) is 0.395. The van der Waals surface area contributed by atoms with E-state index in [0.29, 0.717) is 0 Å². The Morgan fingerprint density at radius 2 is 2.00 bits per heavy atom. The third kappa shape index (κ3) is 1.42. The van der Waals surface area contributed by atoms with E-state index in [2.05, 4.69) is 5.10 Å². The molecule has 0 aliphatic rings. The minimum atomic E-state index is -0.102. The molecule has 0 atom stereocenters. The molecule has 0 spiro atoms. The molecule has 0 aliphatic carbocycles. The molecule has 0 bridgehead atoms. The van der Waals surface area contributed by atoms with Gasteiger partial charge in [-0.1, -0.05) is 23.2 Å². The Bertz CT molecular complexity index is 215. The fraction of sp³-hybridized carbons (Fsp3) is 0. The number of hydrogen-bond donors (Lipinski definition) is 0. The van der Waals surface area contributed by atoms with Gasteiger partial charge >= 0.3 is 5.15 Å². The first-order chi connectivity index (χ1) is 4.61. The molecule has 10 heavy (non-hydrogen) atoms. The summed E-state index contributed by atoms with van der Waals surface area (Å²) in [6.45, 7) is 0. The van der Waals surface area contributed by atoms with Gasteiger partial charge in [0.15, 0.2) is 0 Å². The molecule has 54 valence electrons. The summed E-state index contributed by atoms with van der Waals surface area (Å²) in [5.74, 6) is 0. The Hall–Kier alpha value is -0.250. The molecule has 0 unspecified atom stereocenters. The molecule has 0 fully saturated rings. The van der Waals surface area contributed by atoms with Crippen molar-refractivity contribution < 1.29 is 4.85 Å². The molecule has 0 N–H and O–H groups in total. The van der Waals surface area contributed by atoms with Gasteiger partial charge in [-0.15, -0.1) is 0 Å². The highest BCUT2D eigenvalue weighted by Crippen LogP contribution is 2.18. The van der Waals surface area contributed by atoms with Crippen LogP contribution < -0.4 is 4.85 Å². The first kappa shape index (κ1) is 7.85. The monoisotopic (exact) mass is 198 g/mol. The van der Waals surface area contributed by atoms with E-state index >= 15 is 0 Å². The zero-order valence-electron chi connectivity index (χ0n) is 4.51. The highest BCUT2D eigenvalue weighted by Gasteiger charge is 2.08. The van der Waals surface area contributed by atoms with Crippen LogP contribution >= 0.6 is 34.8 Å². The lowest BCUT2D eigenvalue weighted by Crippen LogP contribution is -2.32. The molecule has 0 radical (unpaired) electrons. The molecule has 1 aromatic rings. The van der Waals surface area contributed by atoms with Crippen molar-refractivity contribution in [3.63, 3.8) is 0 Å². The van der Waals surface area contributed by atoms with Gasteiger partial charge in [0, 0.05) is 11.2 Å². The summed E-state index contributed by atoms with van der Waals surface area (Å²) in [7, 11) is 0. The van der Waals surface area contributed by atoms with Crippen LogP contribution in [0.1, 0.15) is 0 Å². The summed E-state index contributed by atoms with van der Waals surface area (Å²) < 4.78 is 0. The standard InChI is InChI=1S/C4HCl3N2O/c5-2-1-3(6)9(10)8-4(2)7/h1H. The van der Waals surface area contributed by atoms with E-state index in [1.54, 1.807) is 0 Å². The van der Waals surface area contributed by atoms with Crippen LogP contribution in [-0.4, -0.2) is 5.10 Å². The van der Waals surface area contributed by atoms with Gasteiger partial charge in [0.25, 0.3) is 0 Å². The SMILES string of the molecule is [O-][n+]1nc(Cl)c(Cl)cc1Cl. The predicted octanol–water partition coefficient (Wildman–Crippen LogP) is 1.68. The maximum atomic E-state index is 10.5. The van der Waals surface area contributed by atoms with Gasteiger partial charge in [-0.2, -0.15) is 0 Å². The summed E-state index contributed by atoms with van der Waals surface area (Å²) in [4.78, 5) is 0.190. The molecule has 0 saturated heterocycles. The molecule has 1 aromatic heterocycles. The van der Waals surface area contributed by atoms with Crippen molar-refractivity contribution in [2.75, 3.05) is 0 Å². The van der Waals surface area contributed by atoms with Gasteiger partial charge in [-0.3, -0.25) is 0 Å². The lowest BCUT2D eigenvalue weighted by atomic mass is 10.6. The second-order valence-electron chi connectivity index (χ2n) is 1.48. The minimum absolute atomic E-state index is 0.0546. The van der Waals surface area contributed by atoms with Gasteiger partial charge < -0.3 is 5.21 Å². The van der Waals surface area contributed by atoms with Crippen LogP contribution in [0.4, 0.5) is 0 Å². The molecule has 0 amide bonds. The molecule has 1 heterocycles. The Balaban J connectivity index is 3.28. The summed E-state index contributed by atoms with van der Waals surface area (Å²) in [5.41, 5.74) is 0. The van der Waals surface area contributed by atoms with Crippen molar-refractivity contribution in [2.24, 2.45) is 0 Å². The van der Waals surface area contributed by atoms with Crippen molar-refractivity contribution in [1.29, 1.82) is 0 Å². The topological polar surface area (TPSA) is 39.8 Å². The van der Waals surface area contributed by atoms with Crippen LogP contribution in [0.3, 0.4) is 0 Å². The first-order valence-corrected chi connectivity index (χ1v) is 3.36. The van der Waals surface area contributed by atoms with Gasteiger partial charge in [-0.05, 0) is 16.4 Å². The van der Waals surface area contributed by atoms with Crippen LogP contribution in [-0.2, 0) is 0 Å². The molecule has 0 saturated carbocycles. The van der Waals surface area contributed by atoms with Gasteiger partial charge in [0.05, 0.1) is 5.02 Å². The van der Waals surface area contributed by atoms with E-state index in [1.165, 1.54) is 6.07 Å². The van der Waals surface area contributed by atoms with Crippen LogP contribution in [0, 0.1) is 5.21 Å². The molecular formula is C4HCl3N2O. The smallest absolute Gasteiger partial charge is 0.314 e. The average Bonchev–Trinajstić information content (AvgIpc) is 1.84. The van der Waals surface area contributed by atoms with Gasteiger partial charge in [0.2, 0.25) is 5.15 Å². The minimum Gasteiger partial charge on any atom is -0.593 e. The van der Waals surface area contributed by atoms with Crippen molar-refractivity contribution >= 4 is 34.8 Å². The molecule has 1 rings (SSSR count). The van der Waals surface area contributed by atoms with Crippen LogP contribution in [0.5, 0.6) is 0 Å². The lowest BCUT2D eigenvalue weighted by molar-refractivity contribution is -0.666. The molecule has 3 nitrogen and oxygen atoms in total. The maximum absolute atomic E-state index is 10.5. The number of hydrogen-bond acceptors (Lipinski definition) is 2. The number of nitrogens with zero attached hydrogens (tertiary/aromatic N) is 2. The van der Waals surface area contributed by atoms with E-state index in [9.17, 15) is 5.21 Å². The van der Waals surface area contributed by atoms with Crippen LogP contribution in [0.15, 0.2) is 6.07 Å². The summed E-state index contributed by atoms with van der Waals surface area (Å²) >= 11 is 16.1. The van der Waals surface area contributed by atoms with Crippen molar-refractivity contribution in [1.82, 2.24) is 5.10 Å². The summed E-state index contributed by atoms with van der Waals surface area (Å²) in [6, 6.07) is 1.23. The Morgan fingerprint density at radius 1 is 1.40 bits per heavy atom. The van der Waals surface area contributed by atoms with Crippen molar-refractivity contribution in [2.45, 2.75) is 0 Å². The fourth-order valence-corrected chi connectivity index (χ4v) is 0.862. The highest BCUT2D eigenvalue weighted by atomic mass is 35.5. The molecule has 0 aliphatic heterocycles. The molecular weight excluding hydrogens is 198 g/mol. The summed E-state index contributed by atoms with van der Waals surface area (Å²) in [5, 5.41) is 13.8. The number of rotatable bonds is 0. The third-order valence-corrected chi connectivity index (χ3v) is 1.72.